The highest BCUT2D eigenvalue weighted by atomic mass is 35.5. The van der Waals surface area contributed by atoms with Crippen molar-refractivity contribution in [2.45, 2.75) is 24.8 Å². The van der Waals surface area contributed by atoms with E-state index in [2.05, 4.69) is 0 Å². The number of carboxylic acids is 1. The number of hydrogen-bond acceptors (Lipinski definition) is 2. The molecule has 1 atom stereocenters. The predicted molar refractivity (Wildman–Crippen MR) is 62.5 cm³/mol. The molecule has 3 nitrogen and oxygen atoms in total. The fourth-order valence-corrected chi connectivity index (χ4v) is 1.38. The molecule has 1 aromatic rings. The van der Waals surface area contributed by atoms with Gasteiger partial charge in [-0.05, 0) is 17.7 Å². The van der Waals surface area contributed by atoms with Gasteiger partial charge in [0.2, 0.25) is 0 Å². The molecule has 0 amide bonds. The highest BCUT2D eigenvalue weighted by molar-refractivity contribution is 5.85. The van der Waals surface area contributed by atoms with Gasteiger partial charge in [0.15, 0.2) is 0 Å². The predicted octanol–water partition coefficient (Wildman–Crippen LogP) is 2.23. The van der Waals surface area contributed by atoms with Gasteiger partial charge < -0.3 is 10.8 Å². The van der Waals surface area contributed by atoms with Crippen LogP contribution >= 0.6 is 12.4 Å². The number of carbonyl (C=O) groups is 1. The van der Waals surface area contributed by atoms with Crippen molar-refractivity contribution < 1.29 is 23.1 Å². The molecule has 1 unspecified atom stereocenters. The maximum atomic E-state index is 13.4. The number of alkyl halides is 2. The topological polar surface area (TPSA) is 63.3 Å². The number of rotatable bonds is 5. The molecule has 0 spiro atoms. The average molecular weight is 284 g/mol. The number of benzene rings is 1. The number of aliphatic carboxylic acids is 1. The van der Waals surface area contributed by atoms with Gasteiger partial charge in [-0.3, -0.25) is 4.79 Å². The summed E-state index contributed by atoms with van der Waals surface area (Å²) in [6.07, 6.45) is -1.60. The van der Waals surface area contributed by atoms with E-state index in [1.807, 2.05) is 0 Å². The first-order valence-corrected chi connectivity index (χ1v) is 4.91. The minimum absolute atomic E-state index is 0. The molecule has 0 radical (unpaired) electrons. The van der Waals surface area contributed by atoms with Gasteiger partial charge >= 0.3 is 5.97 Å². The highest BCUT2D eigenvalue weighted by Crippen LogP contribution is 2.25. The molecule has 18 heavy (non-hydrogen) atoms. The molecule has 3 N–H and O–H groups in total. The summed E-state index contributed by atoms with van der Waals surface area (Å²) in [6, 6.07) is 3.00. The fourth-order valence-electron chi connectivity index (χ4n) is 1.38. The van der Waals surface area contributed by atoms with Crippen molar-refractivity contribution in [1.82, 2.24) is 0 Å². The molecule has 0 aliphatic heterocycles. The van der Waals surface area contributed by atoms with Crippen LogP contribution in [0, 0.1) is 5.82 Å². The van der Waals surface area contributed by atoms with Crippen LogP contribution in [0.25, 0.3) is 0 Å². The normalized spacial score (nSPS) is 12.7. The van der Waals surface area contributed by atoms with Gasteiger partial charge in [-0.2, -0.15) is 0 Å². The van der Waals surface area contributed by atoms with Crippen LogP contribution in [-0.2, 0) is 11.2 Å². The van der Waals surface area contributed by atoms with Crippen LogP contribution in [0.2, 0.25) is 0 Å². The monoisotopic (exact) mass is 283 g/mol. The van der Waals surface area contributed by atoms with E-state index in [1.54, 1.807) is 0 Å². The third kappa shape index (κ3) is 5.37. The zero-order chi connectivity index (χ0) is 13.1. The lowest BCUT2D eigenvalue weighted by Crippen LogP contribution is -2.37. The van der Waals surface area contributed by atoms with Gasteiger partial charge in [-0.1, -0.05) is 12.1 Å². The van der Waals surface area contributed by atoms with E-state index in [-0.39, 0.29) is 18.0 Å². The Bertz CT molecular complexity index is 398. The highest BCUT2D eigenvalue weighted by Gasteiger charge is 2.34. The van der Waals surface area contributed by atoms with Crippen molar-refractivity contribution in [1.29, 1.82) is 0 Å². The Morgan fingerprint density at radius 1 is 1.33 bits per heavy atom. The quantitative estimate of drug-likeness (QED) is 0.871. The first-order valence-electron chi connectivity index (χ1n) is 4.91. The summed E-state index contributed by atoms with van der Waals surface area (Å²) in [4.78, 5) is 10.4. The summed E-state index contributed by atoms with van der Waals surface area (Å²) in [6.45, 7) is 0. The Hall–Kier alpha value is -1.27. The van der Waals surface area contributed by atoms with E-state index < -0.39 is 36.6 Å². The second-order valence-corrected chi connectivity index (χ2v) is 3.81. The average Bonchev–Trinajstić information content (AvgIpc) is 2.20. The van der Waals surface area contributed by atoms with E-state index in [0.717, 1.165) is 12.1 Å². The fraction of sp³-hybridized carbons (Fsp3) is 0.364. The van der Waals surface area contributed by atoms with Crippen molar-refractivity contribution in [3.05, 3.63) is 35.6 Å². The molecule has 0 aromatic heterocycles. The van der Waals surface area contributed by atoms with Crippen molar-refractivity contribution in [2.75, 3.05) is 0 Å². The second-order valence-electron chi connectivity index (χ2n) is 3.81. The van der Waals surface area contributed by atoms with E-state index in [9.17, 15) is 18.0 Å². The largest absolute Gasteiger partial charge is 0.480 e. The number of nitrogens with two attached hydrogens (primary N) is 1. The summed E-state index contributed by atoms with van der Waals surface area (Å²) < 4.78 is 39.3. The molecule has 0 saturated carbocycles. The lowest BCUT2D eigenvalue weighted by atomic mass is 10.0. The third-order valence-electron chi connectivity index (χ3n) is 2.21. The molecule has 0 fully saturated rings. The SMILES string of the molecule is Cl.NC(CC(F)(F)Cc1ccc(F)cc1)C(=O)O. The molecular weight excluding hydrogens is 271 g/mol. The standard InChI is InChI=1S/C11H12F3NO2.ClH/c12-8-3-1-7(2-4-8)5-11(13,14)6-9(15)10(16)17;/h1-4,9H,5-6,15H2,(H,16,17);1H. The Labute approximate surface area is 108 Å². The molecule has 1 rings (SSSR count). The van der Waals surface area contributed by atoms with Gasteiger partial charge in [0.1, 0.15) is 11.9 Å². The number of halogens is 4. The van der Waals surface area contributed by atoms with Crippen LogP contribution in [0.3, 0.4) is 0 Å². The van der Waals surface area contributed by atoms with Gasteiger partial charge in [0, 0.05) is 12.8 Å². The van der Waals surface area contributed by atoms with Crippen LogP contribution in [-0.4, -0.2) is 23.0 Å². The molecular formula is C11H13ClF3NO2. The van der Waals surface area contributed by atoms with Gasteiger partial charge in [0.05, 0.1) is 0 Å². The molecule has 102 valence electrons. The van der Waals surface area contributed by atoms with Gasteiger partial charge in [-0.25, -0.2) is 13.2 Å². The van der Waals surface area contributed by atoms with Crippen molar-refractivity contribution in [3.63, 3.8) is 0 Å². The van der Waals surface area contributed by atoms with Crippen molar-refractivity contribution in [2.24, 2.45) is 5.73 Å². The number of carboxylic acid groups (broad SMARTS) is 1. The molecule has 0 bridgehead atoms. The van der Waals surface area contributed by atoms with E-state index in [4.69, 9.17) is 10.8 Å². The third-order valence-corrected chi connectivity index (χ3v) is 2.21. The summed E-state index contributed by atoms with van der Waals surface area (Å²) in [7, 11) is 0. The molecule has 0 saturated heterocycles. The van der Waals surface area contributed by atoms with E-state index in [0.29, 0.717) is 0 Å². The molecule has 1 aromatic carbocycles. The second kappa shape index (κ2) is 6.61. The Balaban J connectivity index is 0.00000289. The van der Waals surface area contributed by atoms with Crippen LogP contribution in [0.1, 0.15) is 12.0 Å². The zero-order valence-electron chi connectivity index (χ0n) is 9.28. The summed E-state index contributed by atoms with van der Waals surface area (Å²) >= 11 is 0. The lowest BCUT2D eigenvalue weighted by molar-refractivity contribution is -0.141. The minimum Gasteiger partial charge on any atom is -0.480 e. The van der Waals surface area contributed by atoms with Crippen LogP contribution in [0.15, 0.2) is 24.3 Å². The number of hydrogen-bond donors (Lipinski definition) is 2. The maximum Gasteiger partial charge on any atom is 0.320 e. The first-order chi connectivity index (χ1) is 7.80. The lowest BCUT2D eigenvalue weighted by Gasteiger charge is -2.18. The zero-order valence-corrected chi connectivity index (χ0v) is 10.1. The van der Waals surface area contributed by atoms with Crippen LogP contribution in [0.4, 0.5) is 13.2 Å². The smallest absolute Gasteiger partial charge is 0.320 e. The van der Waals surface area contributed by atoms with Crippen molar-refractivity contribution in [3.8, 4) is 0 Å². The molecule has 0 aliphatic rings. The van der Waals surface area contributed by atoms with Gasteiger partial charge in [-0.15, -0.1) is 12.4 Å². The first kappa shape index (κ1) is 16.7. The summed E-state index contributed by atoms with van der Waals surface area (Å²) in [5, 5.41) is 8.44. The van der Waals surface area contributed by atoms with Crippen LogP contribution < -0.4 is 5.73 Å². The Kier molecular flexibility index (Phi) is 6.14. The van der Waals surface area contributed by atoms with E-state index >= 15 is 0 Å². The maximum absolute atomic E-state index is 13.4. The van der Waals surface area contributed by atoms with Crippen molar-refractivity contribution >= 4 is 18.4 Å². The van der Waals surface area contributed by atoms with Crippen LogP contribution in [0.5, 0.6) is 0 Å². The molecule has 0 aliphatic carbocycles. The summed E-state index contributed by atoms with van der Waals surface area (Å²) in [5.41, 5.74) is 5.27. The van der Waals surface area contributed by atoms with Gasteiger partial charge in [0.25, 0.3) is 5.92 Å². The Morgan fingerprint density at radius 3 is 2.28 bits per heavy atom. The molecule has 0 heterocycles. The molecule has 7 heteroatoms. The van der Waals surface area contributed by atoms with E-state index in [1.165, 1.54) is 12.1 Å². The Morgan fingerprint density at radius 2 is 1.83 bits per heavy atom. The minimum atomic E-state index is -3.23. The summed E-state index contributed by atoms with van der Waals surface area (Å²) in [5.74, 6) is -5.21.